The van der Waals surface area contributed by atoms with E-state index in [-0.39, 0.29) is 17.5 Å². The lowest BCUT2D eigenvalue weighted by molar-refractivity contribution is 0.0907. The standard InChI is InChI=1S/C21H30N4O2S/c1-3-4-11-25-20(26)8-7-17(23-25)21(27)22-15-18(19-6-5-14-28-19)24-12-9-16(2)10-13-24/h5-8,14,16,18H,3-4,9-13,15H2,1-2H3,(H,22,27). The molecule has 1 N–H and O–H groups in total. The van der Waals surface area contributed by atoms with Crippen LogP contribution in [0, 0.1) is 5.92 Å². The zero-order valence-electron chi connectivity index (χ0n) is 16.8. The fourth-order valence-corrected chi connectivity index (χ4v) is 4.41. The van der Waals surface area contributed by atoms with E-state index in [0.29, 0.717) is 18.8 Å². The molecule has 1 aliphatic rings. The molecule has 152 valence electrons. The van der Waals surface area contributed by atoms with Gasteiger partial charge in [-0.25, -0.2) is 4.68 Å². The van der Waals surface area contributed by atoms with Crippen LogP contribution in [-0.2, 0) is 6.54 Å². The number of nitrogens with one attached hydrogen (secondary N) is 1. The minimum absolute atomic E-state index is 0.163. The summed E-state index contributed by atoms with van der Waals surface area (Å²) in [5, 5.41) is 9.39. The summed E-state index contributed by atoms with van der Waals surface area (Å²) in [5.74, 6) is 0.542. The summed E-state index contributed by atoms with van der Waals surface area (Å²) in [4.78, 5) is 28.4. The second-order valence-corrected chi connectivity index (χ2v) is 8.57. The van der Waals surface area contributed by atoms with Crippen LogP contribution in [0.2, 0.25) is 0 Å². The van der Waals surface area contributed by atoms with Gasteiger partial charge < -0.3 is 5.32 Å². The lowest BCUT2D eigenvalue weighted by Crippen LogP contribution is -2.42. The van der Waals surface area contributed by atoms with E-state index in [1.807, 2.05) is 0 Å². The molecule has 7 heteroatoms. The number of hydrogen-bond donors (Lipinski definition) is 1. The maximum atomic E-state index is 12.7. The summed E-state index contributed by atoms with van der Waals surface area (Å²) < 4.78 is 1.39. The average molecular weight is 403 g/mol. The summed E-state index contributed by atoms with van der Waals surface area (Å²) in [6.45, 7) is 7.56. The first kappa shape index (κ1) is 20.7. The molecule has 6 nitrogen and oxygen atoms in total. The number of thiophene rings is 1. The first-order chi connectivity index (χ1) is 13.6. The van der Waals surface area contributed by atoms with Crippen LogP contribution < -0.4 is 10.9 Å². The Balaban J connectivity index is 1.67. The van der Waals surface area contributed by atoms with Crippen LogP contribution >= 0.6 is 11.3 Å². The molecule has 3 heterocycles. The van der Waals surface area contributed by atoms with Gasteiger partial charge in [0.15, 0.2) is 0 Å². The number of piperidine rings is 1. The Labute approximate surface area is 170 Å². The Kier molecular flexibility index (Phi) is 7.39. The van der Waals surface area contributed by atoms with Gasteiger partial charge in [-0.1, -0.05) is 26.3 Å². The predicted molar refractivity (Wildman–Crippen MR) is 113 cm³/mol. The molecule has 0 saturated carbocycles. The largest absolute Gasteiger partial charge is 0.349 e. The van der Waals surface area contributed by atoms with E-state index in [2.05, 4.69) is 46.7 Å². The molecule has 0 spiro atoms. The molecule has 3 rings (SSSR count). The van der Waals surface area contributed by atoms with E-state index >= 15 is 0 Å². The zero-order chi connectivity index (χ0) is 19.9. The van der Waals surface area contributed by atoms with Gasteiger partial charge in [-0.15, -0.1) is 11.3 Å². The monoisotopic (exact) mass is 402 g/mol. The van der Waals surface area contributed by atoms with E-state index in [1.165, 1.54) is 34.5 Å². The molecular weight excluding hydrogens is 372 g/mol. The number of carbonyl (C=O) groups excluding carboxylic acids is 1. The smallest absolute Gasteiger partial charge is 0.271 e. The van der Waals surface area contributed by atoms with E-state index < -0.39 is 0 Å². The Morgan fingerprint density at radius 2 is 2.11 bits per heavy atom. The molecule has 1 aliphatic heterocycles. The summed E-state index contributed by atoms with van der Waals surface area (Å²) in [6.07, 6.45) is 4.23. The van der Waals surface area contributed by atoms with Crippen molar-refractivity contribution < 1.29 is 4.79 Å². The highest BCUT2D eigenvalue weighted by atomic mass is 32.1. The minimum atomic E-state index is -0.225. The highest BCUT2D eigenvalue weighted by molar-refractivity contribution is 7.10. The number of nitrogens with zero attached hydrogens (tertiary/aromatic N) is 3. The van der Waals surface area contributed by atoms with Crippen molar-refractivity contribution in [1.29, 1.82) is 0 Å². The van der Waals surface area contributed by atoms with Gasteiger partial charge in [-0.2, -0.15) is 5.10 Å². The number of amides is 1. The molecule has 2 aromatic heterocycles. The van der Waals surface area contributed by atoms with Crippen LogP contribution in [0.1, 0.15) is 60.9 Å². The Bertz CT molecular complexity index is 810. The van der Waals surface area contributed by atoms with Gasteiger partial charge in [0.05, 0.1) is 6.04 Å². The SMILES string of the molecule is CCCCn1nc(C(=O)NCC(c2cccs2)N2CCC(C)CC2)ccc1=O. The van der Waals surface area contributed by atoms with Gasteiger partial charge in [-0.05, 0) is 55.8 Å². The highest BCUT2D eigenvalue weighted by Crippen LogP contribution is 2.29. The highest BCUT2D eigenvalue weighted by Gasteiger charge is 2.26. The molecule has 28 heavy (non-hydrogen) atoms. The third-order valence-electron chi connectivity index (χ3n) is 5.41. The first-order valence-electron chi connectivity index (χ1n) is 10.2. The van der Waals surface area contributed by atoms with Crippen molar-refractivity contribution >= 4 is 17.2 Å². The van der Waals surface area contributed by atoms with Crippen LogP contribution in [0.15, 0.2) is 34.4 Å². The number of carbonyl (C=O) groups is 1. The number of aromatic nitrogens is 2. The van der Waals surface area contributed by atoms with Crippen molar-refractivity contribution in [2.75, 3.05) is 19.6 Å². The molecular formula is C21H30N4O2S. The fraction of sp³-hybridized carbons (Fsp3) is 0.571. The summed E-state index contributed by atoms with van der Waals surface area (Å²) >= 11 is 1.73. The van der Waals surface area contributed by atoms with Crippen LogP contribution in [0.5, 0.6) is 0 Å². The van der Waals surface area contributed by atoms with Crippen LogP contribution in [0.25, 0.3) is 0 Å². The first-order valence-corrected chi connectivity index (χ1v) is 11.1. The average Bonchev–Trinajstić information content (AvgIpc) is 3.23. The van der Waals surface area contributed by atoms with Gasteiger partial charge >= 0.3 is 0 Å². The van der Waals surface area contributed by atoms with Crippen LogP contribution in [0.4, 0.5) is 0 Å². The van der Waals surface area contributed by atoms with Crippen molar-refractivity contribution in [3.05, 3.63) is 50.6 Å². The lowest BCUT2D eigenvalue weighted by Gasteiger charge is -2.36. The van der Waals surface area contributed by atoms with Gasteiger partial charge in [0.2, 0.25) is 0 Å². The number of likely N-dealkylation sites (tertiary alicyclic amines) is 1. The topological polar surface area (TPSA) is 67.2 Å². The lowest BCUT2D eigenvalue weighted by atomic mass is 9.97. The maximum Gasteiger partial charge on any atom is 0.271 e. The molecule has 1 unspecified atom stereocenters. The molecule has 0 radical (unpaired) electrons. The van der Waals surface area contributed by atoms with Crippen molar-refractivity contribution in [3.63, 3.8) is 0 Å². The normalized spacial score (nSPS) is 16.8. The number of aryl methyl sites for hydroxylation is 1. The third-order valence-corrected chi connectivity index (χ3v) is 6.38. The molecule has 0 aromatic carbocycles. The minimum Gasteiger partial charge on any atom is -0.349 e. The third kappa shape index (κ3) is 5.29. The summed E-state index contributed by atoms with van der Waals surface area (Å²) in [6, 6.07) is 7.33. The Hall–Kier alpha value is -1.99. The second-order valence-electron chi connectivity index (χ2n) is 7.59. The van der Waals surface area contributed by atoms with Crippen molar-refractivity contribution in [2.45, 2.75) is 52.1 Å². The second kappa shape index (κ2) is 9.98. The van der Waals surface area contributed by atoms with Gasteiger partial charge in [0, 0.05) is 24.0 Å². The molecule has 2 aromatic rings. The van der Waals surface area contributed by atoms with Gasteiger partial charge in [-0.3, -0.25) is 14.5 Å². The van der Waals surface area contributed by atoms with E-state index in [1.54, 1.807) is 11.3 Å². The van der Waals surface area contributed by atoms with Crippen LogP contribution in [-0.4, -0.2) is 40.2 Å². The number of hydrogen-bond acceptors (Lipinski definition) is 5. The van der Waals surface area contributed by atoms with E-state index in [4.69, 9.17) is 0 Å². The van der Waals surface area contributed by atoms with Crippen molar-refractivity contribution in [2.24, 2.45) is 5.92 Å². The van der Waals surface area contributed by atoms with Crippen LogP contribution in [0.3, 0.4) is 0 Å². The quantitative estimate of drug-likeness (QED) is 0.736. The van der Waals surface area contributed by atoms with Crippen molar-refractivity contribution in [1.82, 2.24) is 20.0 Å². The maximum absolute atomic E-state index is 12.7. The summed E-state index contributed by atoms with van der Waals surface area (Å²) in [5.41, 5.74) is 0.136. The molecule has 1 fully saturated rings. The van der Waals surface area contributed by atoms with E-state index in [0.717, 1.165) is 31.8 Å². The summed E-state index contributed by atoms with van der Waals surface area (Å²) in [7, 11) is 0. The molecule has 0 aliphatic carbocycles. The molecule has 1 amide bonds. The fourth-order valence-electron chi connectivity index (χ4n) is 3.55. The van der Waals surface area contributed by atoms with Gasteiger partial charge in [0.25, 0.3) is 11.5 Å². The Morgan fingerprint density at radius 3 is 2.79 bits per heavy atom. The van der Waals surface area contributed by atoms with Crippen molar-refractivity contribution in [3.8, 4) is 0 Å². The van der Waals surface area contributed by atoms with E-state index in [9.17, 15) is 9.59 Å². The van der Waals surface area contributed by atoms with Gasteiger partial charge in [0.1, 0.15) is 5.69 Å². The molecule has 1 atom stereocenters. The predicted octanol–water partition coefficient (Wildman–Crippen LogP) is 3.31. The number of rotatable bonds is 8. The molecule has 1 saturated heterocycles. The molecule has 0 bridgehead atoms. The number of unbranched alkanes of at least 4 members (excludes halogenated alkanes) is 1. The Morgan fingerprint density at radius 1 is 1.32 bits per heavy atom. The zero-order valence-corrected chi connectivity index (χ0v) is 17.6.